The average molecular weight is 218 g/mol. The van der Waals surface area contributed by atoms with E-state index in [1.165, 1.54) is 6.07 Å². The molecular weight excluding hydrogens is 204 g/mol. The Labute approximate surface area is 94.8 Å². The first-order valence-electron chi connectivity index (χ1n) is 5.04. The number of nitro groups is 1. The normalized spacial score (nSPS) is 11.8. The molecule has 4 heteroatoms. The molecule has 0 amide bonds. The van der Waals surface area contributed by atoms with Crippen molar-refractivity contribution in [1.82, 2.24) is 5.32 Å². The van der Waals surface area contributed by atoms with Gasteiger partial charge >= 0.3 is 0 Å². The van der Waals surface area contributed by atoms with Crippen molar-refractivity contribution in [3.8, 4) is 12.3 Å². The quantitative estimate of drug-likeness (QED) is 0.467. The number of benzene rings is 1. The maximum absolute atomic E-state index is 10.7. The molecule has 0 aliphatic rings. The average Bonchev–Trinajstić information content (AvgIpc) is 2.27. The van der Waals surface area contributed by atoms with Gasteiger partial charge in [0.1, 0.15) is 0 Å². The Morgan fingerprint density at radius 3 is 2.88 bits per heavy atom. The molecule has 84 valence electrons. The third-order valence-corrected chi connectivity index (χ3v) is 2.25. The Bertz CT molecular complexity index is 410. The highest BCUT2D eigenvalue weighted by atomic mass is 16.6. The minimum Gasteiger partial charge on any atom is -0.309 e. The third kappa shape index (κ3) is 3.37. The summed E-state index contributed by atoms with van der Waals surface area (Å²) in [5.74, 6) is 2.54. The standard InChI is InChI=1S/C12H14N2O2/c1-3-6-10(2)13-9-11-7-4-5-8-12(11)14(15)16/h1,4-5,7-8,10,13H,6,9H2,2H3. The zero-order chi connectivity index (χ0) is 12.0. The van der Waals surface area contributed by atoms with Gasteiger partial charge in [-0.05, 0) is 6.92 Å². The van der Waals surface area contributed by atoms with Crippen molar-refractivity contribution in [2.75, 3.05) is 0 Å². The largest absolute Gasteiger partial charge is 0.309 e. The van der Waals surface area contributed by atoms with Gasteiger partial charge in [-0.25, -0.2) is 0 Å². The number of nitrogens with one attached hydrogen (secondary N) is 1. The lowest BCUT2D eigenvalue weighted by atomic mass is 10.1. The van der Waals surface area contributed by atoms with E-state index in [0.29, 0.717) is 18.5 Å². The lowest BCUT2D eigenvalue weighted by Gasteiger charge is -2.10. The molecular formula is C12H14N2O2. The van der Waals surface area contributed by atoms with Crippen LogP contribution in [0.4, 0.5) is 5.69 Å². The summed E-state index contributed by atoms with van der Waals surface area (Å²) in [6.07, 6.45) is 5.79. The van der Waals surface area contributed by atoms with E-state index >= 15 is 0 Å². The predicted molar refractivity (Wildman–Crippen MR) is 62.8 cm³/mol. The monoisotopic (exact) mass is 218 g/mol. The fraction of sp³-hybridized carbons (Fsp3) is 0.333. The second kappa shape index (κ2) is 5.89. The Hall–Kier alpha value is -1.86. The lowest BCUT2D eigenvalue weighted by Crippen LogP contribution is -2.25. The van der Waals surface area contributed by atoms with Gasteiger partial charge in [0.05, 0.1) is 4.92 Å². The molecule has 0 heterocycles. The first kappa shape index (κ1) is 12.2. The first-order chi connectivity index (χ1) is 7.65. The minimum atomic E-state index is -0.372. The number of terminal acetylenes is 1. The number of hydrogen-bond donors (Lipinski definition) is 1. The summed E-state index contributed by atoms with van der Waals surface area (Å²) in [6, 6.07) is 6.85. The predicted octanol–water partition coefficient (Wildman–Crippen LogP) is 2.10. The summed E-state index contributed by atoms with van der Waals surface area (Å²) in [5.41, 5.74) is 0.819. The molecule has 0 bridgehead atoms. The van der Waals surface area contributed by atoms with Crippen LogP contribution in [-0.4, -0.2) is 11.0 Å². The van der Waals surface area contributed by atoms with Gasteiger partial charge in [0.25, 0.3) is 5.69 Å². The number of nitrogens with zero attached hydrogens (tertiary/aromatic N) is 1. The molecule has 0 fully saturated rings. The highest BCUT2D eigenvalue weighted by molar-refractivity contribution is 5.39. The molecule has 1 atom stereocenters. The minimum absolute atomic E-state index is 0.142. The van der Waals surface area contributed by atoms with Crippen LogP contribution < -0.4 is 5.32 Å². The maximum atomic E-state index is 10.7. The SMILES string of the molecule is C#CCC(C)NCc1ccccc1[N+](=O)[O-]. The molecule has 0 saturated carbocycles. The second-order valence-corrected chi connectivity index (χ2v) is 3.58. The van der Waals surface area contributed by atoms with E-state index in [4.69, 9.17) is 6.42 Å². The van der Waals surface area contributed by atoms with Crippen LogP contribution in [0.5, 0.6) is 0 Å². The lowest BCUT2D eigenvalue weighted by molar-refractivity contribution is -0.385. The molecule has 0 spiro atoms. The summed E-state index contributed by atoms with van der Waals surface area (Å²) in [7, 11) is 0. The summed E-state index contributed by atoms with van der Waals surface area (Å²) >= 11 is 0. The fourth-order valence-electron chi connectivity index (χ4n) is 1.37. The Kier molecular flexibility index (Phi) is 4.49. The Morgan fingerprint density at radius 2 is 2.25 bits per heavy atom. The first-order valence-corrected chi connectivity index (χ1v) is 5.04. The van der Waals surface area contributed by atoms with Crippen molar-refractivity contribution in [2.24, 2.45) is 0 Å². The van der Waals surface area contributed by atoms with E-state index < -0.39 is 0 Å². The van der Waals surface area contributed by atoms with Crippen LogP contribution in [0.1, 0.15) is 18.9 Å². The van der Waals surface area contributed by atoms with Gasteiger partial charge in [-0.2, -0.15) is 0 Å². The Morgan fingerprint density at radius 1 is 1.56 bits per heavy atom. The van der Waals surface area contributed by atoms with Gasteiger partial charge in [-0.3, -0.25) is 10.1 Å². The zero-order valence-electron chi connectivity index (χ0n) is 9.14. The van der Waals surface area contributed by atoms with Gasteiger partial charge in [0.15, 0.2) is 0 Å². The van der Waals surface area contributed by atoms with Crippen LogP contribution in [0, 0.1) is 22.5 Å². The van der Waals surface area contributed by atoms with E-state index in [0.717, 1.165) is 0 Å². The summed E-state index contributed by atoms with van der Waals surface area (Å²) in [6.45, 7) is 2.41. The van der Waals surface area contributed by atoms with Crippen LogP contribution in [0.15, 0.2) is 24.3 Å². The van der Waals surface area contributed by atoms with Crippen LogP contribution in [0.25, 0.3) is 0 Å². The van der Waals surface area contributed by atoms with Gasteiger partial charge in [-0.1, -0.05) is 18.2 Å². The zero-order valence-corrected chi connectivity index (χ0v) is 9.14. The van der Waals surface area contributed by atoms with E-state index in [1.807, 2.05) is 6.92 Å². The van der Waals surface area contributed by atoms with Crippen molar-refractivity contribution < 1.29 is 4.92 Å². The molecule has 16 heavy (non-hydrogen) atoms. The van der Waals surface area contributed by atoms with E-state index in [1.54, 1.807) is 18.2 Å². The van der Waals surface area contributed by atoms with Crippen molar-refractivity contribution in [2.45, 2.75) is 25.9 Å². The molecule has 1 aromatic rings. The number of nitro benzene ring substituents is 1. The molecule has 1 unspecified atom stereocenters. The van der Waals surface area contributed by atoms with Gasteiger partial charge < -0.3 is 5.32 Å². The smallest absolute Gasteiger partial charge is 0.273 e. The summed E-state index contributed by atoms with van der Waals surface area (Å²) in [5, 5.41) is 13.9. The molecule has 0 aromatic heterocycles. The summed E-state index contributed by atoms with van der Waals surface area (Å²) < 4.78 is 0. The van der Waals surface area contributed by atoms with Crippen molar-refractivity contribution in [1.29, 1.82) is 0 Å². The second-order valence-electron chi connectivity index (χ2n) is 3.58. The molecule has 0 saturated heterocycles. The van der Waals surface area contributed by atoms with Crippen LogP contribution >= 0.6 is 0 Å². The van der Waals surface area contributed by atoms with Crippen molar-refractivity contribution >= 4 is 5.69 Å². The fourth-order valence-corrected chi connectivity index (χ4v) is 1.37. The molecule has 1 rings (SSSR count). The topological polar surface area (TPSA) is 55.2 Å². The van der Waals surface area contributed by atoms with Crippen LogP contribution in [0.2, 0.25) is 0 Å². The van der Waals surface area contributed by atoms with Crippen LogP contribution in [0.3, 0.4) is 0 Å². The number of rotatable bonds is 5. The van der Waals surface area contributed by atoms with E-state index in [9.17, 15) is 10.1 Å². The third-order valence-electron chi connectivity index (χ3n) is 2.25. The van der Waals surface area contributed by atoms with Crippen LogP contribution in [-0.2, 0) is 6.54 Å². The highest BCUT2D eigenvalue weighted by Gasteiger charge is 2.12. The van der Waals surface area contributed by atoms with Gasteiger partial charge in [-0.15, -0.1) is 12.3 Å². The molecule has 1 aromatic carbocycles. The van der Waals surface area contributed by atoms with Crippen molar-refractivity contribution in [3.63, 3.8) is 0 Å². The molecule has 0 aliphatic heterocycles. The molecule has 0 aliphatic carbocycles. The van der Waals surface area contributed by atoms with Gasteiger partial charge in [0, 0.05) is 30.6 Å². The molecule has 1 N–H and O–H groups in total. The molecule has 4 nitrogen and oxygen atoms in total. The summed E-state index contributed by atoms with van der Waals surface area (Å²) in [4.78, 5) is 10.4. The maximum Gasteiger partial charge on any atom is 0.273 e. The Balaban J connectivity index is 2.67. The number of hydrogen-bond acceptors (Lipinski definition) is 3. The molecule has 0 radical (unpaired) electrons. The van der Waals surface area contributed by atoms with E-state index in [-0.39, 0.29) is 16.7 Å². The van der Waals surface area contributed by atoms with Gasteiger partial charge in [0.2, 0.25) is 0 Å². The van der Waals surface area contributed by atoms with E-state index in [2.05, 4.69) is 11.2 Å². The highest BCUT2D eigenvalue weighted by Crippen LogP contribution is 2.17. The number of para-hydroxylation sites is 1. The van der Waals surface area contributed by atoms with Crippen molar-refractivity contribution in [3.05, 3.63) is 39.9 Å².